The molecular weight excluding hydrogens is 466 g/mol. The lowest BCUT2D eigenvalue weighted by Crippen LogP contribution is -2.45. The number of halogens is 1. The Balaban J connectivity index is 1.73. The molecule has 0 N–H and O–H groups in total. The second-order valence-electron chi connectivity index (χ2n) is 7.35. The number of anilines is 1. The van der Waals surface area contributed by atoms with Gasteiger partial charge in [-0.3, -0.25) is 14.6 Å². The second kappa shape index (κ2) is 9.30. The Morgan fingerprint density at radius 1 is 1.09 bits per heavy atom. The van der Waals surface area contributed by atoms with E-state index in [9.17, 15) is 18.0 Å². The fourth-order valence-corrected chi connectivity index (χ4v) is 5.32. The van der Waals surface area contributed by atoms with Gasteiger partial charge in [0, 0.05) is 24.0 Å². The van der Waals surface area contributed by atoms with Gasteiger partial charge in [0.25, 0.3) is 5.91 Å². The van der Waals surface area contributed by atoms with Crippen LogP contribution in [0.2, 0.25) is 5.02 Å². The highest BCUT2D eigenvalue weighted by Crippen LogP contribution is 2.31. The number of carbonyl (C=O) groups is 2. The molecule has 33 heavy (non-hydrogen) atoms. The maximum atomic E-state index is 13.6. The zero-order valence-corrected chi connectivity index (χ0v) is 19.2. The van der Waals surface area contributed by atoms with Gasteiger partial charge in [0.1, 0.15) is 11.8 Å². The maximum Gasteiger partial charge on any atom is 0.252 e. The van der Waals surface area contributed by atoms with Gasteiger partial charge in [-0.05, 0) is 60.2 Å². The third-order valence-electron chi connectivity index (χ3n) is 5.28. The Morgan fingerprint density at radius 3 is 2.39 bits per heavy atom. The minimum Gasteiger partial charge on any atom is -0.497 e. The quantitative estimate of drug-likeness (QED) is 0.476. The third-order valence-corrected chi connectivity index (χ3v) is 7.40. The summed E-state index contributed by atoms with van der Waals surface area (Å²) in [5, 5.41) is 0.380. The highest BCUT2D eigenvalue weighted by Gasteiger charge is 2.47. The Hall–Kier alpha value is -3.27. The van der Waals surface area contributed by atoms with Crippen LogP contribution in [0.5, 0.6) is 5.75 Å². The van der Waals surface area contributed by atoms with Crippen molar-refractivity contribution in [1.82, 2.24) is 9.29 Å². The Labute approximate surface area is 196 Å². The van der Waals surface area contributed by atoms with Crippen LogP contribution in [0.25, 0.3) is 0 Å². The van der Waals surface area contributed by atoms with Crippen LogP contribution in [0, 0.1) is 0 Å². The molecule has 1 unspecified atom stereocenters. The van der Waals surface area contributed by atoms with E-state index in [2.05, 4.69) is 4.98 Å². The molecular formula is C23H20ClN3O5S. The van der Waals surface area contributed by atoms with Gasteiger partial charge in [-0.2, -0.15) is 4.31 Å². The molecule has 1 aromatic heterocycles. The molecule has 0 spiro atoms. The van der Waals surface area contributed by atoms with Gasteiger partial charge in [0.05, 0.1) is 24.1 Å². The summed E-state index contributed by atoms with van der Waals surface area (Å²) in [6.07, 6.45) is 2.81. The van der Waals surface area contributed by atoms with Crippen LogP contribution in [0.15, 0.2) is 78.0 Å². The van der Waals surface area contributed by atoms with Gasteiger partial charge in [0.2, 0.25) is 15.9 Å². The lowest BCUT2D eigenvalue weighted by molar-refractivity contribution is -0.122. The molecule has 1 atom stereocenters. The molecule has 2 heterocycles. The maximum absolute atomic E-state index is 13.6. The number of nitrogens with zero attached hydrogens (tertiary/aromatic N) is 3. The molecule has 1 aliphatic rings. The highest BCUT2D eigenvalue weighted by molar-refractivity contribution is 7.89. The van der Waals surface area contributed by atoms with Crippen molar-refractivity contribution in [1.29, 1.82) is 0 Å². The average molecular weight is 486 g/mol. The molecule has 0 aliphatic carbocycles. The van der Waals surface area contributed by atoms with Crippen molar-refractivity contribution in [3.63, 3.8) is 0 Å². The van der Waals surface area contributed by atoms with Crippen LogP contribution in [0.3, 0.4) is 0 Å². The molecule has 1 fully saturated rings. The summed E-state index contributed by atoms with van der Waals surface area (Å²) in [6.45, 7) is -0.126. The van der Waals surface area contributed by atoms with E-state index in [4.69, 9.17) is 16.3 Å². The van der Waals surface area contributed by atoms with Gasteiger partial charge < -0.3 is 4.74 Å². The number of rotatable bonds is 7. The number of imide groups is 1. The number of pyridine rings is 1. The summed E-state index contributed by atoms with van der Waals surface area (Å²) in [7, 11) is -2.64. The first-order valence-electron chi connectivity index (χ1n) is 9.98. The fraction of sp³-hybridized carbons (Fsp3) is 0.174. The number of aromatic nitrogens is 1. The van der Waals surface area contributed by atoms with Crippen LogP contribution in [0.1, 0.15) is 12.0 Å². The molecule has 1 aliphatic heterocycles. The van der Waals surface area contributed by atoms with Gasteiger partial charge >= 0.3 is 0 Å². The minimum absolute atomic E-state index is 0.0288. The van der Waals surface area contributed by atoms with E-state index in [1.54, 1.807) is 42.6 Å². The normalized spacial score (nSPS) is 16.5. The molecule has 0 saturated carbocycles. The van der Waals surface area contributed by atoms with Crippen LogP contribution in [-0.4, -0.2) is 42.7 Å². The highest BCUT2D eigenvalue weighted by atomic mass is 35.5. The molecule has 1 saturated heterocycles. The van der Waals surface area contributed by atoms with Crippen molar-refractivity contribution >= 4 is 39.1 Å². The topological polar surface area (TPSA) is 96.9 Å². The smallest absolute Gasteiger partial charge is 0.252 e. The van der Waals surface area contributed by atoms with E-state index in [-0.39, 0.29) is 17.9 Å². The summed E-state index contributed by atoms with van der Waals surface area (Å²) in [5.74, 6) is -0.540. The average Bonchev–Trinajstić information content (AvgIpc) is 3.11. The van der Waals surface area contributed by atoms with E-state index in [0.717, 1.165) is 9.21 Å². The number of sulfonamides is 1. The van der Waals surface area contributed by atoms with Crippen molar-refractivity contribution < 1.29 is 22.7 Å². The first-order chi connectivity index (χ1) is 15.8. The van der Waals surface area contributed by atoms with Crippen molar-refractivity contribution in [2.24, 2.45) is 0 Å². The minimum atomic E-state index is -4.14. The zero-order valence-electron chi connectivity index (χ0n) is 17.6. The van der Waals surface area contributed by atoms with Crippen LogP contribution in [-0.2, 0) is 26.2 Å². The lowest BCUT2D eigenvalue weighted by Gasteiger charge is -2.27. The molecule has 0 bridgehead atoms. The van der Waals surface area contributed by atoms with Gasteiger partial charge in [-0.15, -0.1) is 0 Å². The molecule has 170 valence electrons. The van der Waals surface area contributed by atoms with Gasteiger partial charge in [0.15, 0.2) is 0 Å². The Morgan fingerprint density at radius 2 is 1.79 bits per heavy atom. The predicted octanol–water partition coefficient (Wildman–Crippen LogP) is 3.27. The number of hydrogen-bond acceptors (Lipinski definition) is 6. The Bertz CT molecular complexity index is 1270. The summed E-state index contributed by atoms with van der Waals surface area (Å²) in [5.41, 5.74) is 0.928. The van der Waals surface area contributed by atoms with E-state index < -0.39 is 27.9 Å². The number of benzene rings is 2. The number of amides is 2. The van der Waals surface area contributed by atoms with Crippen LogP contribution < -0.4 is 9.64 Å². The predicted molar refractivity (Wildman–Crippen MR) is 122 cm³/mol. The fourth-order valence-electron chi connectivity index (χ4n) is 3.62. The SMILES string of the molecule is COc1ccc(N2C(=O)CC(N(Cc3cccnc3)S(=O)(=O)c3ccc(Cl)cc3)C2=O)cc1. The van der Waals surface area contributed by atoms with E-state index in [0.29, 0.717) is 22.0 Å². The van der Waals surface area contributed by atoms with Crippen LogP contribution in [0.4, 0.5) is 5.69 Å². The van der Waals surface area contributed by atoms with Crippen molar-refractivity contribution in [2.75, 3.05) is 12.0 Å². The first kappa shape index (κ1) is 22.9. The standard InChI is InChI=1S/C23H20ClN3O5S/c1-32-19-8-6-18(7-9-19)27-22(28)13-21(23(27)29)26(15-16-3-2-12-25-14-16)33(30,31)20-10-4-17(24)5-11-20/h2-12,14,21H,13,15H2,1H3. The summed E-state index contributed by atoms with van der Waals surface area (Å²) >= 11 is 5.92. The van der Waals surface area contributed by atoms with E-state index in [1.807, 2.05) is 0 Å². The summed E-state index contributed by atoms with van der Waals surface area (Å²) < 4.78 is 33.3. The van der Waals surface area contributed by atoms with Crippen molar-refractivity contribution in [2.45, 2.75) is 23.9 Å². The van der Waals surface area contributed by atoms with E-state index >= 15 is 0 Å². The molecule has 0 radical (unpaired) electrons. The first-order valence-corrected chi connectivity index (χ1v) is 11.8. The van der Waals surface area contributed by atoms with Crippen molar-refractivity contribution in [3.8, 4) is 5.75 Å². The lowest BCUT2D eigenvalue weighted by atomic mass is 10.2. The van der Waals surface area contributed by atoms with Crippen LogP contribution >= 0.6 is 11.6 Å². The summed E-state index contributed by atoms with van der Waals surface area (Å²) in [6, 6.07) is 14.2. The number of methoxy groups -OCH3 is 1. The molecule has 8 nitrogen and oxygen atoms in total. The monoisotopic (exact) mass is 485 g/mol. The number of ether oxygens (including phenoxy) is 1. The Kier molecular flexibility index (Phi) is 6.46. The number of hydrogen-bond donors (Lipinski definition) is 0. The van der Waals surface area contributed by atoms with E-state index in [1.165, 1.54) is 37.6 Å². The molecule has 4 rings (SSSR count). The third kappa shape index (κ3) is 4.61. The largest absolute Gasteiger partial charge is 0.497 e. The summed E-state index contributed by atoms with van der Waals surface area (Å²) in [4.78, 5) is 31.2. The molecule has 10 heteroatoms. The second-order valence-corrected chi connectivity index (χ2v) is 9.68. The zero-order chi connectivity index (χ0) is 23.6. The van der Waals surface area contributed by atoms with Gasteiger partial charge in [-0.1, -0.05) is 17.7 Å². The molecule has 2 aromatic carbocycles. The van der Waals surface area contributed by atoms with Crippen molar-refractivity contribution in [3.05, 3.63) is 83.6 Å². The van der Waals surface area contributed by atoms with Gasteiger partial charge in [-0.25, -0.2) is 13.3 Å². The molecule has 2 amide bonds. The number of carbonyl (C=O) groups excluding carboxylic acids is 2. The molecule has 3 aromatic rings.